The highest BCUT2D eigenvalue weighted by molar-refractivity contribution is 5.83. The molecule has 0 spiro atoms. The molecule has 18 heavy (non-hydrogen) atoms. The Morgan fingerprint density at radius 3 is 2.39 bits per heavy atom. The minimum absolute atomic E-state index is 0.364. The summed E-state index contributed by atoms with van der Waals surface area (Å²) < 4.78 is 5.12. The molecule has 1 aliphatic carbocycles. The van der Waals surface area contributed by atoms with Crippen LogP contribution in [0.25, 0.3) is 0 Å². The quantitative estimate of drug-likeness (QED) is 0.711. The van der Waals surface area contributed by atoms with Crippen molar-refractivity contribution >= 4 is 11.9 Å². The van der Waals surface area contributed by atoms with Gasteiger partial charge in [-0.15, -0.1) is 0 Å². The number of amides is 1. The second-order valence-electron chi connectivity index (χ2n) is 5.98. The Labute approximate surface area is 109 Å². The van der Waals surface area contributed by atoms with Crippen LogP contribution in [0.1, 0.15) is 59.3 Å². The normalized spacial score (nSPS) is 15.3. The minimum Gasteiger partial charge on any atom is -0.444 e. The summed E-state index contributed by atoms with van der Waals surface area (Å²) in [5.41, 5.74) is -0.444. The van der Waals surface area contributed by atoms with E-state index in [-0.39, 0.29) is 6.09 Å². The van der Waals surface area contributed by atoms with Gasteiger partial charge in [0.15, 0.2) is 0 Å². The highest BCUT2D eigenvalue weighted by Crippen LogP contribution is 2.31. The fraction of sp³-hybridized carbons (Fsp3) is 0.857. The van der Waals surface area contributed by atoms with Gasteiger partial charge in [0.2, 0.25) is 0 Å². The smallest absolute Gasteiger partial charge is 0.407 e. The fourth-order valence-electron chi connectivity index (χ4n) is 1.72. The highest BCUT2D eigenvalue weighted by Gasteiger charge is 2.28. The molecule has 0 heterocycles. The van der Waals surface area contributed by atoms with Gasteiger partial charge in [-0.3, -0.25) is 4.79 Å². The number of carbonyl (C=O) groups excluding carboxylic acids is 2. The summed E-state index contributed by atoms with van der Waals surface area (Å²) in [5, 5.41) is 2.72. The second-order valence-corrected chi connectivity index (χ2v) is 5.98. The van der Waals surface area contributed by atoms with Gasteiger partial charge in [-0.05, 0) is 46.5 Å². The number of ether oxygens (including phenoxy) is 1. The maximum Gasteiger partial charge on any atom is 0.407 e. The fourth-order valence-corrected chi connectivity index (χ4v) is 1.72. The Morgan fingerprint density at radius 2 is 1.83 bits per heavy atom. The molecule has 0 radical (unpaired) electrons. The van der Waals surface area contributed by atoms with Crippen molar-refractivity contribution in [2.75, 3.05) is 6.54 Å². The third-order valence-corrected chi connectivity index (χ3v) is 2.80. The molecule has 1 N–H and O–H groups in total. The first-order chi connectivity index (χ1) is 8.38. The van der Waals surface area contributed by atoms with E-state index in [1.165, 1.54) is 0 Å². The first kappa shape index (κ1) is 15.0. The monoisotopic (exact) mass is 255 g/mol. The van der Waals surface area contributed by atoms with Gasteiger partial charge in [-0.2, -0.15) is 0 Å². The third-order valence-electron chi connectivity index (χ3n) is 2.80. The molecule has 0 aliphatic heterocycles. The number of Topliss-reactive ketones (excluding diaryl/α,β-unsaturated/α-hetero) is 1. The number of alkyl carbamates (subject to hydrolysis) is 1. The number of rotatable bonds is 7. The van der Waals surface area contributed by atoms with E-state index in [9.17, 15) is 9.59 Å². The van der Waals surface area contributed by atoms with E-state index in [1.54, 1.807) is 0 Å². The molecule has 1 saturated carbocycles. The van der Waals surface area contributed by atoms with Crippen LogP contribution in [0.3, 0.4) is 0 Å². The number of unbranched alkanes of at least 4 members (excludes halogenated alkanes) is 2. The van der Waals surface area contributed by atoms with E-state index in [0.29, 0.717) is 24.7 Å². The largest absolute Gasteiger partial charge is 0.444 e. The zero-order valence-electron chi connectivity index (χ0n) is 11.8. The van der Waals surface area contributed by atoms with Crippen molar-refractivity contribution in [2.45, 2.75) is 64.9 Å². The lowest BCUT2D eigenvalue weighted by atomic mass is 10.1. The molecule has 0 aromatic carbocycles. The SMILES string of the molecule is CC(C)(C)OC(=O)NCCCCCC(=O)C1CC1. The Balaban J connectivity index is 1.91. The van der Waals surface area contributed by atoms with Gasteiger partial charge in [0.25, 0.3) is 0 Å². The second kappa shape index (κ2) is 6.76. The van der Waals surface area contributed by atoms with Gasteiger partial charge in [-0.25, -0.2) is 4.79 Å². The van der Waals surface area contributed by atoms with E-state index in [2.05, 4.69) is 5.32 Å². The van der Waals surface area contributed by atoms with Gasteiger partial charge >= 0.3 is 6.09 Å². The lowest BCUT2D eigenvalue weighted by Gasteiger charge is -2.19. The maximum absolute atomic E-state index is 11.4. The van der Waals surface area contributed by atoms with Crippen LogP contribution in [0, 0.1) is 5.92 Å². The molecule has 0 aromatic rings. The number of nitrogens with one attached hydrogen (secondary N) is 1. The molecule has 0 saturated heterocycles. The van der Waals surface area contributed by atoms with Crippen LogP contribution in [-0.4, -0.2) is 24.0 Å². The van der Waals surface area contributed by atoms with Crippen molar-refractivity contribution in [1.29, 1.82) is 0 Å². The number of carbonyl (C=O) groups is 2. The Bertz CT molecular complexity index is 290. The van der Waals surface area contributed by atoms with Gasteiger partial charge < -0.3 is 10.1 Å². The topological polar surface area (TPSA) is 55.4 Å². The first-order valence-electron chi connectivity index (χ1n) is 6.88. The van der Waals surface area contributed by atoms with Crippen molar-refractivity contribution < 1.29 is 14.3 Å². The summed E-state index contributed by atoms with van der Waals surface area (Å²) in [6, 6.07) is 0. The molecule has 0 unspecified atom stereocenters. The number of hydrogen-bond donors (Lipinski definition) is 1. The van der Waals surface area contributed by atoms with E-state index in [1.807, 2.05) is 20.8 Å². The summed E-state index contributed by atoms with van der Waals surface area (Å²) in [6.45, 7) is 6.15. The van der Waals surface area contributed by atoms with Gasteiger partial charge in [0, 0.05) is 18.9 Å². The van der Waals surface area contributed by atoms with E-state index >= 15 is 0 Å². The summed E-state index contributed by atoms with van der Waals surface area (Å²) in [7, 11) is 0. The van der Waals surface area contributed by atoms with Crippen molar-refractivity contribution in [3.63, 3.8) is 0 Å². The first-order valence-corrected chi connectivity index (χ1v) is 6.88. The molecule has 1 rings (SSSR count). The average molecular weight is 255 g/mol. The van der Waals surface area contributed by atoms with Gasteiger partial charge in [0.05, 0.1) is 0 Å². The molecule has 0 bridgehead atoms. The molecule has 1 aliphatic rings. The van der Waals surface area contributed by atoms with Crippen molar-refractivity contribution in [3.05, 3.63) is 0 Å². The summed E-state index contributed by atoms with van der Waals surface area (Å²) in [4.78, 5) is 22.7. The van der Waals surface area contributed by atoms with Crippen LogP contribution in [-0.2, 0) is 9.53 Å². The van der Waals surface area contributed by atoms with Crippen LogP contribution in [0.2, 0.25) is 0 Å². The summed E-state index contributed by atoms with van der Waals surface area (Å²) in [5.74, 6) is 0.806. The number of hydrogen-bond acceptors (Lipinski definition) is 3. The molecule has 1 fully saturated rings. The standard InChI is InChI=1S/C14H25NO3/c1-14(2,3)18-13(17)15-10-6-4-5-7-12(16)11-8-9-11/h11H,4-10H2,1-3H3,(H,15,17). The highest BCUT2D eigenvalue weighted by atomic mass is 16.6. The van der Waals surface area contributed by atoms with E-state index in [0.717, 1.165) is 32.1 Å². The minimum atomic E-state index is -0.444. The van der Waals surface area contributed by atoms with Crippen LogP contribution in [0.15, 0.2) is 0 Å². The van der Waals surface area contributed by atoms with Gasteiger partial charge in [-0.1, -0.05) is 6.42 Å². The van der Waals surface area contributed by atoms with E-state index in [4.69, 9.17) is 4.74 Å². The Kier molecular flexibility index (Phi) is 5.63. The third kappa shape index (κ3) is 7.30. The summed E-state index contributed by atoms with van der Waals surface area (Å²) in [6.07, 6.45) is 5.35. The van der Waals surface area contributed by atoms with Crippen LogP contribution in [0.4, 0.5) is 4.79 Å². The van der Waals surface area contributed by atoms with Gasteiger partial charge in [0.1, 0.15) is 11.4 Å². The zero-order valence-corrected chi connectivity index (χ0v) is 11.8. The Morgan fingerprint density at radius 1 is 1.17 bits per heavy atom. The molecule has 4 heteroatoms. The molecule has 104 valence electrons. The van der Waals surface area contributed by atoms with Crippen LogP contribution < -0.4 is 5.32 Å². The van der Waals surface area contributed by atoms with Crippen molar-refractivity contribution in [2.24, 2.45) is 5.92 Å². The predicted molar refractivity (Wildman–Crippen MR) is 70.4 cm³/mol. The molecular weight excluding hydrogens is 230 g/mol. The maximum atomic E-state index is 11.4. The predicted octanol–water partition coefficient (Wildman–Crippen LogP) is 3.05. The number of ketones is 1. The van der Waals surface area contributed by atoms with Crippen molar-refractivity contribution in [1.82, 2.24) is 5.32 Å². The summed E-state index contributed by atoms with van der Waals surface area (Å²) >= 11 is 0. The van der Waals surface area contributed by atoms with Crippen molar-refractivity contribution in [3.8, 4) is 0 Å². The van der Waals surface area contributed by atoms with Crippen LogP contribution >= 0.6 is 0 Å². The van der Waals surface area contributed by atoms with Crippen LogP contribution in [0.5, 0.6) is 0 Å². The molecule has 0 atom stereocenters. The Hall–Kier alpha value is -1.06. The molecule has 1 amide bonds. The average Bonchev–Trinajstić information content (AvgIpc) is 3.03. The zero-order chi connectivity index (χ0) is 13.6. The molecule has 0 aromatic heterocycles. The van der Waals surface area contributed by atoms with E-state index < -0.39 is 5.60 Å². The lowest BCUT2D eigenvalue weighted by molar-refractivity contribution is -0.120. The molecule has 4 nitrogen and oxygen atoms in total. The lowest BCUT2D eigenvalue weighted by Crippen LogP contribution is -2.32. The molecular formula is C14H25NO3.